The normalized spacial score (nSPS) is 16.0. The lowest BCUT2D eigenvalue weighted by Gasteiger charge is -2.33. The summed E-state index contributed by atoms with van der Waals surface area (Å²) >= 11 is 0. The monoisotopic (exact) mass is 784 g/mol. The molecule has 9 nitrogen and oxygen atoms in total. The van der Waals surface area contributed by atoms with Crippen molar-refractivity contribution in [3.63, 3.8) is 0 Å². The molecule has 53 heavy (non-hydrogen) atoms. The van der Waals surface area contributed by atoms with Crippen molar-refractivity contribution < 1.29 is 86.1 Å². The van der Waals surface area contributed by atoms with Gasteiger partial charge in [0.1, 0.15) is 11.5 Å². The van der Waals surface area contributed by atoms with Crippen molar-refractivity contribution in [1.29, 1.82) is 0 Å². The van der Waals surface area contributed by atoms with Gasteiger partial charge >= 0.3 is 48.5 Å². The number of carbonyl (C=O) groups excluding carboxylic acids is 4. The molecule has 21 heteroatoms. The number of nitrogens with zero attached hydrogens (tertiary/aromatic N) is 2. The molecular formula is C32H32F12N2O7. The fraction of sp³-hybridized carbons (Fsp3) is 0.500. The van der Waals surface area contributed by atoms with Gasteiger partial charge in [0.05, 0.1) is 14.2 Å². The lowest BCUT2D eigenvalue weighted by molar-refractivity contribution is -0.221. The molecule has 0 bridgehead atoms. The number of carbonyl (C=O) groups is 4. The third-order valence-electron chi connectivity index (χ3n) is 7.86. The first-order valence-corrected chi connectivity index (χ1v) is 15.3. The van der Waals surface area contributed by atoms with E-state index in [-0.39, 0.29) is 38.0 Å². The standard InChI is InChI=1S/2C14H16F3NO2.C4F6O3/c2*1-20-12-5-3-2-4-11(12)10-6-8-18(9-7-10)13(19)14(15,16)17;5-3(6,7)1(11)13-2(12)4(8,9)10/h2*2-5,10H,6-9H2,1H3;. The highest BCUT2D eigenvalue weighted by Gasteiger charge is 2.49. The molecule has 2 heterocycles. The molecule has 2 aliphatic rings. The lowest BCUT2D eigenvalue weighted by Crippen LogP contribution is -2.45. The Labute approximate surface area is 293 Å². The second-order valence-corrected chi connectivity index (χ2v) is 11.3. The number of piperidine rings is 2. The highest BCUT2D eigenvalue weighted by molar-refractivity contribution is 5.90. The SMILES string of the molecule is COc1ccccc1C1CCN(C(=O)C(F)(F)F)CC1.COc1ccccc1C1CCN(C(=O)C(F)(F)F)CC1.O=C(OC(=O)C(F)(F)F)C(F)(F)F. The molecular weight excluding hydrogens is 752 g/mol. The van der Waals surface area contributed by atoms with Crippen molar-refractivity contribution in [3.05, 3.63) is 59.7 Å². The molecule has 0 aliphatic carbocycles. The Morgan fingerprint density at radius 2 is 0.792 bits per heavy atom. The maximum atomic E-state index is 12.4. The first-order chi connectivity index (χ1) is 24.4. The van der Waals surface area contributed by atoms with Crippen molar-refractivity contribution >= 4 is 23.8 Å². The molecule has 4 rings (SSSR count). The average Bonchev–Trinajstić information content (AvgIpc) is 3.10. The largest absolute Gasteiger partial charge is 0.496 e. The number of esters is 2. The van der Waals surface area contributed by atoms with E-state index in [1.54, 1.807) is 14.2 Å². The van der Waals surface area contributed by atoms with Crippen molar-refractivity contribution in [3.8, 4) is 11.5 Å². The molecule has 0 atom stereocenters. The van der Waals surface area contributed by atoms with Crippen LogP contribution >= 0.6 is 0 Å². The van der Waals surface area contributed by atoms with Crippen LogP contribution in [-0.2, 0) is 23.9 Å². The number of hydrogen-bond acceptors (Lipinski definition) is 7. The minimum atomic E-state index is -5.62. The van der Waals surface area contributed by atoms with Gasteiger partial charge in [0.15, 0.2) is 0 Å². The smallest absolute Gasteiger partial charge is 0.491 e. The van der Waals surface area contributed by atoms with Gasteiger partial charge < -0.3 is 24.0 Å². The van der Waals surface area contributed by atoms with Gasteiger partial charge in [0.2, 0.25) is 0 Å². The van der Waals surface area contributed by atoms with E-state index in [2.05, 4.69) is 4.74 Å². The van der Waals surface area contributed by atoms with E-state index < -0.39 is 48.5 Å². The Hall–Kier alpha value is -4.72. The Balaban J connectivity index is 0.000000283. The topological polar surface area (TPSA) is 102 Å². The van der Waals surface area contributed by atoms with Gasteiger partial charge in [-0.2, -0.15) is 52.7 Å². The fourth-order valence-corrected chi connectivity index (χ4v) is 5.35. The summed E-state index contributed by atoms with van der Waals surface area (Å²) in [5.41, 5.74) is 1.99. The van der Waals surface area contributed by atoms with E-state index in [0.29, 0.717) is 25.7 Å². The zero-order valence-electron chi connectivity index (χ0n) is 27.7. The van der Waals surface area contributed by atoms with Crippen molar-refractivity contribution in [2.24, 2.45) is 0 Å². The minimum Gasteiger partial charge on any atom is -0.496 e. The number of para-hydroxylation sites is 2. The van der Waals surface area contributed by atoms with Crippen LogP contribution in [0.1, 0.15) is 48.6 Å². The van der Waals surface area contributed by atoms with Gasteiger partial charge in [-0.3, -0.25) is 9.59 Å². The summed E-state index contributed by atoms with van der Waals surface area (Å²) < 4.78 is 154. The fourth-order valence-electron chi connectivity index (χ4n) is 5.35. The summed E-state index contributed by atoms with van der Waals surface area (Å²) in [6, 6.07) is 15.0. The van der Waals surface area contributed by atoms with Crippen molar-refractivity contribution in [2.75, 3.05) is 40.4 Å². The molecule has 0 radical (unpaired) electrons. The summed E-state index contributed by atoms with van der Waals surface area (Å²) in [7, 11) is 3.14. The van der Waals surface area contributed by atoms with Gasteiger partial charge in [-0.05, 0) is 60.8 Å². The van der Waals surface area contributed by atoms with Crippen molar-refractivity contribution in [1.82, 2.24) is 9.80 Å². The van der Waals surface area contributed by atoms with Gasteiger partial charge in [-0.15, -0.1) is 0 Å². The maximum absolute atomic E-state index is 12.4. The van der Waals surface area contributed by atoms with Crippen LogP contribution in [0.15, 0.2) is 48.5 Å². The van der Waals surface area contributed by atoms with Gasteiger partial charge in [0, 0.05) is 26.2 Å². The molecule has 2 aliphatic heterocycles. The molecule has 2 aromatic carbocycles. The molecule has 2 aromatic rings. The first kappa shape index (κ1) is 44.4. The summed E-state index contributed by atoms with van der Waals surface area (Å²) in [4.78, 5) is 43.4. The number of benzene rings is 2. The van der Waals surface area contributed by atoms with Crippen LogP contribution in [0.3, 0.4) is 0 Å². The third kappa shape index (κ3) is 13.3. The Morgan fingerprint density at radius 1 is 0.509 bits per heavy atom. The quantitative estimate of drug-likeness (QED) is 0.185. The van der Waals surface area contributed by atoms with Crippen LogP contribution in [0, 0.1) is 0 Å². The zero-order chi connectivity index (χ0) is 40.4. The highest BCUT2D eigenvalue weighted by atomic mass is 19.4. The number of likely N-dealkylation sites (tertiary alicyclic amines) is 2. The lowest BCUT2D eigenvalue weighted by atomic mass is 9.89. The Bertz CT molecular complexity index is 1430. The van der Waals surface area contributed by atoms with Gasteiger partial charge in [0.25, 0.3) is 0 Å². The molecule has 0 unspecified atom stereocenters. The van der Waals surface area contributed by atoms with Crippen LogP contribution < -0.4 is 9.47 Å². The number of alkyl halides is 12. The number of ether oxygens (including phenoxy) is 3. The summed E-state index contributed by atoms with van der Waals surface area (Å²) in [6.07, 6.45) is -18.7. The van der Waals surface area contributed by atoms with Gasteiger partial charge in [-0.25, -0.2) is 9.59 Å². The van der Waals surface area contributed by atoms with E-state index in [9.17, 15) is 71.9 Å². The molecule has 0 saturated carbocycles. The first-order valence-electron chi connectivity index (χ1n) is 15.3. The van der Waals surface area contributed by atoms with Crippen molar-refractivity contribution in [2.45, 2.75) is 62.2 Å². The predicted octanol–water partition coefficient (Wildman–Crippen LogP) is 7.11. The number of halogens is 12. The minimum absolute atomic E-state index is 0.126. The van der Waals surface area contributed by atoms with Crippen LogP contribution in [0.5, 0.6) is 11.5 Å². The number of amides is 2. The number of methoxy groups -OCH3 is 2. The molecule has 0 spiro atoms. The van der Waals surface area contributed by atoms with Crippen LogP contribution in [0.2, 0.25) is 0 Å². The summed E-state index contributed by atoms with van der Waals surface area (Å²) in [5, 5.41) is 0. The summed E-state index contributed by atoms with van der Waals surface area (Å²) in [6.45, 7) is 0.504. The molecule has 0 aromatic heterocycles. The number of rotatable bonds is 4. The molecule has 2 saturated heterocycles. The molecule has 0 N–H and O–H groups in total. The van der Waals surface area contributed by atoms with Crippen LogP contribution in [0.4, 0.5) is 52.7 Å². The Morgan fingerprint density at radius 3 is 1.04 bits per heavy atom. The second kappa shape index (κ2) is 18.4. The summed E-state index contributed by atoms with van der Waals surface area (Å²) in [5.74, 6) is -8.13. The van der Waals surface area contributed by atoms with Crippen LogP contribution in [-0.4, -0.2) is 98.7 Å². The van der Waals surface area contributed by atoms with E-state index in [1.165, 1.54) is 0 Å². The highest BCUT2D eigenvalue weighted by Crippen LogP contribution is 2.36. The Kier molecular flexibility index (Phi) is 15.4. The zero-order valence-corrected chi connectivity index (χ0v) is 27.7. The van der Waals surface area contributed by atoms with E-state index in [4.69, 9.17) is 9.47 Å². The number of hydrogen-bond donors (Lipinski definition) is 0. The van der Waals surface area contributed by atoms with Crippen LogP contribution in [0.25, 0.3) is 0 Å². The molecule has 296 valence electrons. The molecule has 2 amide bonds. The maximum Gasteiger partial charge on any atom is 0.491 e. The predicted molar refractivity (Wildman–Crippen MR) is 158 cm³/mol. The van der Waals surface area contributed by atoms with Gasteiger partial charge in [-0.1, -0.05) is 36.4 Å². The average molecular weight is 785 g/mol. The third-order valence-corrected chi connectivity index (χ3v) is 7.86. The van der Waals surface area contributed by atoms with E-state index >= 15 is 0 Å². The van der Waals surface area contributed by atoms with E-state index in [1.807, 2.05) is 48.5 Å². The molecule has 2 fully saturated rings. The van der Waals surface area contributed by atoms with E-state index in [0.717, 1.165) is 32.4 Å². The second-order valence-electron chi connectivity index (χ2n) is 11.3.